The first kappa shape index (κ1) is 15.1. The van der Waals surface area contributed by atoms with Crippen LogP contribution in [0.4, 0.5) is 0 Å². The van der Waals surface area contributed by atoms with Crippen LogP contribution in [0.2, 0.25) is 0 Å². The van der Waals surface area contributed by atoms with Gasteiger partial charge >= 0.3 is 0 Å². The zero-order chi connectivity index (χ0) is 16.8. The lowest BCUT2D eigenvalue weighted by atomic mass is 9.83. The predicted molar refractivity (Wildman–Crippen MR) is 98.7 cm³/mol. The number of piperidine rings is 1. The van der Waals surface area contributed by atoms with Crippen molar-refractivity contribution in [2.45, 2.75) is 25.4 Å². The summed E-state index contributed by atoms with van der Waals surface area (Å²) in [4.78, 5) is 17.3. The molecular weight excluding hydrogens is 332 g/mol. The van der Waals surface area contributed by atoms with Gasteiger partial charge in [0.15, 0.2) is 0 Å². The van der Waals surface area contributed by atoms with Gasteiger partial charge in [-0.3, -0.25) is 14.8 Å². The lowest BCUT2D eigenvalue weighted by molar-refractivity contribution is 0.115. The van der Waals surface area contributed by atoms with E-state index in [1.807, 2.05) is 28.0 Å². The maximum absolute atomic E-state index is 12.1. The molecule has 0 saturated carbocycles. The van der Waals surface area contributed by atoms with Crippen LogP contribution in [-0.4, -0.2) is 32.8 Å². The molecule has 0 radical (unpaired) electrons. The molecule has 1 saturated heterocycles. The Bertz CT molecular complexity index is 942. The van der Waals surface area contributed by atoms with Crippen LogP contribution in [-0.2, 0) is 13.1 Å². The van der Waals surface area contributed by atoms with Crippen molar-refractivity contribution in [3.8, 4) is 10.6 Å². The molecule has 1 N–H and O–H groups in total. The normalized spacial score (nSPS) is 22.7. The van der Waals surface area contributed by atoms with E-state index >= 15 is 0 Å². The van der Waals surface area contributed by atoms with Crippen molar-refractivity contribution in [3.05, 3.63) is 63.5 Å². The number of aromatic nitrogens is 3. The Hall–Kier alpha value is -2.18. The first-order chi connectivity index (χ1) is 12.3. The van der Waals surface area contributed by atoms with E-state index in [1.54, 1.807) is 12.3 Å². The Balaban J connectivity index is 1.35. The highest BCUT2D eigenvalue weighted by Gasteiger charge is 2.34. The maximum Gasteiger partial charge on any atom is 0.250 e. The first-order valence-electron chi connectivity index (χ1n) is 8.77. The van der Waals surface area contributed by atoms with E-state index in [-0.39, 0.29) is 5.56 Å². The van der Waals surface area contributed by atoms with Crippen LogP contribution in [0, 0.1) is 5.92 Å². The zero-order valence-electron chi connectivity index (χ0n) is 13.9. The van der Waals surface area contributed by atoms with Gasteiger partial charge in [-0.25, -0.2) is 0 Å². The Labute approximate surface area is 149 Å². The molecule has 2 bridgehead atoms. The van der Waals surface area contributed by atoms with Gasteiger partial charge in [0.1, 0.15) is 0 Å². The van der Waals surface area contributed by atoms with Gasteiger partial charge < -0.3 is 4.57 Å². The number of hydrogen-bond acceptors (Lipinski definition) is 4. The second-order valence-corrected chi connectivity index (χ2v) is 8.30. The van der Waals surface area contributed by atoms with Gasteiger partial charge in [-0.2, -0.15) is 5.10 Å². The molecule has 5 heterocycles. The molecule has 2 unspecified atom stereocenters. The summed E-state index contributed by atoms with van der Waals surface area (Å²) in [5.41, 5.74) is 2.46. The summed E-state index contributed by atoms with van der Waals surface area (Å²) in [6.45, 7) is 3.97. The number of fused-ring (bicyclic) bond motifs is 4. The molecule has 5 rings (SSSR count). The Morgan fingerprint density at radius 3 is 3.00 bits per heavy atom. The van der Waals surface area contributed by atoms with E-state index in [0.717, 1.165) is 31.9 Å². The molecule has 25 heavy (non-hydrogen) atoms. The van der Waals surface area contributed by atoms with Gasteiger partial charge in [0, 0.05) is 54.9 Å². The third kappa shape index (κ3) is 2.75. The van der Waals surface area contributed by atoms with Gasteiger partial charge in [-0.05, 0) is 36.6 Å². The largest absolute Gasteiger partial charge is 0.312 e. The van der Waals surface area contributed by atoms with Gasteiger partial charge in [-0.1, -0.05) is 6.07 Å². The SMILES string of the molecule is O=c1cccc2n1CC1CC2CN(Cc2ccc(-c3ccn[nH]3)s2)C1. The predicted octanol–water partition coefficient (Wildman–Crippen LogP) is 2.92. The smallest absolute Gasteiger partial charge is 0.250 e. The highest BCUT2D eigenvalue weighted by Crippen LogP contribution is 2.36. The number of nitrogens with zero attached hydrogens (tertiary/aromatic N) is 3. The number of aromatic amines is 1. The second-order valence-electron chi connectivity index (χ2n) is 7.13. The number of H-pyrrole nitrogens is 1. The number of rotatable bonds is 3. The van der Waals surface area contributed by atoms with Gasteiger partial charge in [0.2, 0.25) is 0 Å². The van der Waals surface area contributed by atoms with Crippen LogP contribution < -0.4 is 5.56 Å². The van der Waals surface area contributed by atoms with Crippen LogP contribution in [0.15, 0.2) is 47.4 Å². The molecule has 2 atom stereocenters. The fourth-order valence-electron chi connectivity index (χ4n) is 4.35. The number of likely N-dealkylation sites (tertiary alicyclic amines) is 1. The average Bonchev–Trinajstić information content (AvgIpc) is 3.27. The van der Waals surface area contributed by atoms with E-state index < -0.39 is 0 Å². The van der Waals surface area contributed by atoms with Gasteiger partial charge in [0.25, 0.3) is 5.56 Å². The molecule has 5 nitrogen and oxygen atoms in total. The van der Waals surface area contributed by atoms with Crippen LogP contribution in [0.1, 0.15) is 22.9 Å². The third-order valence-electron chi connectivity index (χ3n) is 5.36. The minimum atomic E-state index is 0.156. The molecule has 0 aromatic carbocycles. The Morgan fingerprint density at radius 1 is 1.16 bits per heavy atom. The van der Waals surface area contributed by atoms with Crippen molar-refractivity contribution in [2.24, 2.45) is 5.92 Å². The minimum Gasteiger partial charge on any atom is -0.312 e. The minimum absolute atomic E-state index is 0.156. The van der Waals surface area contributed by atoms with E-state index in [2.05, 4.69) is 33.3 Å². The molecule has 6 heteroatoms. The molecule has 128 valence electrons. The maximum atomic E-state index is 12.1. The molecule has 2 aliphatic rings. The van der Waals surface area contributed by atoms with Crippen molar-refractivity contribution in [1.29, 1.82) is 0 Å². The molecule has 0 spiro atoms. The number of pyridine rings is 1. The second kappa shape index (κ2) is 5.97. The summed E-state index contributed by atoms with van der Waals surface area (Å²) in [5, 5.41) is 7.07. The van der Waals surface area contributed by atoms with E-state index in [4.69, 9.17) is 0 Å². The Morgan fingerprint density at radius 2 is 2.12 bits per heavy atom. The van der Waals surface area contributed by atoms with E-state index in [1.165, 1.54) is 21.9 Å². The average molecular weight is 352 g/mol. The Kier molecular flexibility index (Phi) is 3.60. The van der Waals surface area contributed by atoms with Crippen molar-refractivity contribution in [3.63, 3.8) is 0 Å². The lowest BCUT2D eigenvalue weighted by Gasteiger charge is -2.42. The van der Waals surface area contributed by atoms with Crippen LogP contribution in [0.25, 0.3) is 10.6 Å². The summed E-state index contributed by atoms with van der Waals surface area (Å²) >= 11 is 1.83. The highest BCUT2D eigenvalue weighted by molar-refractivity contribution is 7.15. The van der Waals surface area contributed by atoms with Gasteiger partial charge in [-0.15, -0.1) is 11.3 Å². The molecular formula is C19H20N4OS. The quantitative estimate of drug-likeness (QED) is 0.788. The molecule has 0 amide bonds. The third-order valence-corrected chi connectivity index (χ3v) is 6.47. The summed E-state index contributed by atoms with van der Waals surface area (Å²) in [5.74, 6) is 1.06. The molecule has 0 aliphatic carbocycles. The number of hydrogen-bond donors (Lipinski definition) is 1. The fourth-order valence-corrected chi connectivity index (χ4v) is 5.37. The molecule has 3 aromatic rings. The molecule has 2 aliphatic heterocycles. The van der Waals surface area contributed by atoms with Crippen molar-refractivity contribution >= 4 is 11.3 Å². The van der Waals surface area contributed by atoms with Crippen molar-refractivity contribution < 1.29 is 0 Å². The van der Waals surface area contributed by atoms with Crippen LogP contribution >= 0.6 is 11.3 Å². The number of nitrogens with one attached hydrogen (secondary N) is 1. The first-order valence-corrected chi connectivity index (χ1v) is 9.58. The summed E-state index contributed by atoms with van der Waals surface area (Å²) in [6, 6.07) is 12.1. The summed E-state index contributed by atoms with van der Waals surface area (Å²) in [7, 11) is 0. The monoisotopic (exact) mass is 352 g/mol. The lowest BCUT2D eigenvalue weighted by Crippen LogP contribution is -2.46. The van der Waals surface area contributed by atoms with E-state index in [9.17, 15) is 4.79 Å². The van der Waals surface area contributed by atoms with Crippen LogP contribution in [0.3, 0.4) is 0 Å². The molecule has 3 aromatic heterocycles. The number of thiophene rings is 1. The highest BCUT2D eigenvalue weighted by atomic mass is 32.1. The summed E-state index contributed by atoms with van der Waals surface area (Å²) in [6.07, 6.45) is 3.00. The van der Waals surface area contributed by atoms with Crippen LogP contribution in [0.5, 0.6) is 0 Å². The van der Waals surface area contributed by atoms with Crippen molar-refractivity contribution in [2.75, 3.05) is 13.1 Å². The zero-order valence-corrected chi connectivity index (χ0v) is 14.7. The van der Waals surface area contributed by atoms with Gasteiger partial charge in [0.05, 0.1) is 10.6 Å². The summed E-state index contributed by atoms with van der Waals surface area (Å²) < 4.78 is 2.00. The topological polar surface area (TPSA) is 53.9 Å². The standard InChI is InChI=1S/C19H20N4OS/c24-19-3-1-2-17-14-8-13(10-23(17)19)9-22(11-14)12-15-4-5-18(25-15)16-6-7-20-21-16/h1-7,13-14H,8-12H2,(H,20,21). The van der Waals surface area contributed by atoms with Crippen molar-refractivity contribution in [1.82, 2.24) is 19.7 Å². The van der Waals surface area contributed by atoms with E-state index in [0.29, 0.717) is 11.8 Å². The fraction of sp³-hybridized carbons (Fsp3) is 0.368. The molecule has 1 fully saturated rings.